The molecule has 2 aromatic carbocycles. The highest BCUT2D eigenvalue weighted by atomic mass is 16.6. The zero-order chi connectivity index (χ0) is 20.5. The lowest BCUT2D eigenvalue weighted by molar-refractivity contribution is 0.00896. The van der Waals surface area contributed by atoms with Crippen molar-refractivity contribution in [3.63, 3.8) is 0 Å². The summed E-state index contributed by atoms with van der Waals surface area (Å²) >= 11 is 0. The van der Waals surface area contributed by atoms with Gasteiger partial charge in [0.25, 0.3) is 0 Å². The zero-order valence-electron chi connectivity index (χ0n) is 16.6. The molecular formula is C22H26O7. The molecule has 0 unspecified atom stereocenters. The van der Waals surface area contributed by atoms with Crippen LogP contribution in [0.1, 0.15) is 40.5 Å². The molecule has 0 spiro atoms. The Morgan fingerprint density at radius 2 is 1.48 bits per heavy atom. The van der Waals surface area contributed by atoms with Crippen molar-refractivity contribution in [3.05, 3.63) is 41.5 Å². The standard InChI is InChI=1S/C22H26O7/c1-2-3-8-25-9-10-26-11-12-27-13-14-28-20-17-7-5-4-6-16(17)15-18-19(20)22(24)29-21(18)23/h4-7,15H,2-3,8-14H2,1H3. The summed E-state index contributed by atoms with van der Waals surface area (Å²) in [4.78, 5) is 24.0. The molecule has 29 heavy (non-hydrogen) atoms. The van der Waals surface area contributed by atoms with Gasteiger partial charge in [-0.15, -0.1) is 0 Å². The second kappa shape index (κ2) is 10.9. The Kier molecular flexibility index (Phi) is 7.98. The largest absolute Gasteiger partial charge is 0.490 e. The van der Waals surface area contributed by atoms with Crippen LogP contribution in [0.25, 0.3) is 10.8 Å². The van der Waals surface area contributed by atoms with Gasteiger partial charge in [-0.1, -0.05) is 37.6 Å². The van der Waals surface area contributed by atoms with E-state index >= 15 is 0 Å². The van der Waals surface area contributed by atoms with Crippen LogP contribution in [0.2, 0.25) is 0 Å². The van der Waals surface area contributed by atoms with E-state index in [1.165, 1.54) is 0 Å². The Morgan fingerprint density at radius 1 is 0.828 bits per heavy atom. The smallest absolute Gasteiger partial charge is 0.350 e. The van der Waals surface area contributed by atoms with Gasteiger partial charge in [-0.25, -0.2) is 9.59 Å². The van der Waals surface area contributed by atoms with Crippen LogP contribution in [-0.4, -0.2) is 58.2 Å². The number of fused-ring (bicyclic) bond motifs is 2. The molecule has 0 N–H and O–H groups in total. The molecule has 156 valence electrons. The number of benzene rings is 2. The second-order valence-corrected chi connectivity index (χ2v) is 6.57. The van der Waals surface area contributed by atoms with Crippen LogP contribution in [0.5, 0.6) is 5.75 Å². The van der Waals surface area contributed by atoms with Gasteiger partial charge in [-0.2, -0.15) is 0 Å². The number of rotatable bonds is 13. The Morgan fingerprint density at radius 3 is 2.21 bits per heavy atom. The number of hydrogen-bond acceptors (Lipinski definition) is 7. The Labute approximate surface area is 169 Å². The minimum atomic E-state index is -0.679. The fraction of sp³-hybridized carbons (Fsp3) is 0.455. The molecule has 0 radical (unpaired) electrons. The lowest BCUT2D eigenvalue weighted by Crippen LogP contribution is -2.13. The molecule has 7 heteroatoms. The summed E-state index contributed by atoms with van der Waals surface area (Å²) in [5, 5.41) is 1.56. The molecular weight excluding hydrogens is 376 g/mol. The first kappa shape index (κ1) is 21.2. The zero-order valence-corrected chi connectivity index (χ0v) is 16.6. The van der Waals surface area contributed by atoms with E-state index in [1.54, 1.807) is 6.07 Å². The first-order valence-corrected chi connectivity index (χ1v) is 9.90. The van der Waals surface area contributed by atoms with Crippen molar-refractivity contribution in [2.75, 3.05) is 46.2 Å². The molecule has 0 amide bonds. The second-order valence-electron chi connectivity index (χ2n) is 6.57. The molecule has 1 aliphatic rings. The van der Waals surface area contributed by atoms with E-state index < -0.39 is 11.9 Å². The normalized spacial score (nSPS) is 13.0. The SMILES string of the molecule is CCCCOCCOCCOCCOc1c2c(cc3ccccc13)C(=O)OC2=O. The van der Waals surface area contributed by atoms with Gasteiger partial charge < -0.3 is 23.7 Å². The highest BCUT2D eigenvalue weighted by Gasteiger charge is 2.34. The highest BCUT2D eigenvalue weighted by Crippen LogP contribution is 2.36. The molecule has 7 nitrogen and oxygen atoms in total. The van der Waals surface area contributed by atoms with Gasteiger partial charge in [0.05, 0.1) is 38.6 Å². The third kappa shape index (κ3) is 5.53. The summed E-state index contributed by atoms with van der Waals surface area (Å²) in [7, 11) is 0. The van der Waals surface area contributed by atoms with E-state index in [9.17, 15) is 9.59 Å². The molecule has 0 fully saturated rings. The van der Waals surface area contributed by atoms with Gasteiger partial charge in [0, 0.05) is 12.0 Å². The van der Waals surface area contributed by atoms with Crippen LogP contribution < -0.4 is 4.74 Å². The van der Waals surface area contributed by atoms with Crippen LogP contribution in [-0.2, 0) is 18.9 Å². The third-order valence-corrected chi connectivity index (χ3v) is 4.47. The van der Waals surface area contributed by atoms with Crippen LogP contribution >= 0.6 is 0 Å². The molecule has 0 aromatic heterocycles. The molecule has 0 saturated carbocycles. The summed E-state index contributed by atoms with van der Waals surface area (Å²) in [6.45, 7) is 5.50. The first-order valence-electron chi connectivity index (χ1n) is 9.90. The van der Waals surface area contributed by atoms with E-state index in [2.05, 4.69) is 6.92 Å². The topological polar surface area (TPSA) is 80.3 Å². The summed E-state index contributed by atoms with van der Waals surface area (Å²) in [5.41, 5.74) is 0.416. The molecule has 3 rings (SSSR count). The maximum atomic E-state index is 12.1. The van der Waals surface area contributed by atoms with E-state index in [0.717, 1.165) is 30.2 Å². The quantitative estimate of drug-likeness (QED) is 0.289. The molecule has 0 aliphatic carbocycles. The number of cyclic esters (lactones) is 2. The van der Waals surface area contributed by atoms with Crippen molar-refractivity contribution in [1.82, 2.24) is 0 Å². The van der Waals surface area contributed by atoms with E-state index in [1.807, 2.05) is 24.3 Å². The van der Waals surface area contributed by atoms with Crippen molar-refractivity contribution >= 4 is 22.7 Å². The maximum absolute atomic E-state index is 12.1. The van der Waals surface area contributed by atoms with E-state index in [0.29, 0.717) is 38.8 Å². The van der Waals surface area contributed by atoms with Crippen LogP contribution in [0.3, 0.4) is 0 Å². The minimum Gasteiger partial charge on any atom is -0.490 e. The summed E-state index contributed by atoms with van der Waals surface area (Å²) < 4.78 is 26.9. The fourth-order valence-electron chi connectivity index (χ4n) is 3.01. The number of hydrogen-bond donors (Lipinski definition) is 0. The number of carbonyl (C=O) groups excluding carboxylic acids is 2. The summed E-state index contributed by atoms with van der Waals surface area (Å²) in [6.07, 6.45) is 2.19. The van der Waals surface area contributed by atoms with Gasteiger partial charge in [0.2, 0.25) is 0 Å². The molecule has 0 bridgehead atoms. The predicted octanol–water partition coefficient (Wildman–Crippen LogP) is 3.38. The van der Waals surface area contributed by atoms with E-state index in [-0.39, 0.29) is 17.7 Å². The first-order chi connectivity index (χ1) is 14.2. The lowest BCUT2D eigenvalue weighted by atomic mass is 10.0. The van der Waals surface area contributed by atoms with Crippen LogP contribution in [0.15, 0.2) is 30.3 Å². The van der Waals surface area contributed by atoms with Crippen molar-refractivity contribution in [2.45, 2.75) is 19.8 Å². The van der Waals surface area contributed by atoms with Gasteiger partial charge in [0.15, 0.2) is 0 Å². The number of unbranched alkanes of at least 4 members (excludes halogenated alkanes) is 1. The molecule has 0 atom stereocenters. The monoisotopic (exact) mass is 402 g/mol. The molecule has 1 aliphatic heterocycles. The Bertz CT molecular complexity index is 846. The summed E-state index contributed by atoms with van der Waals surface area (Å²) in [5.74, 6) is -0.966. The maximum Gasteiger partial charge on any atom is 0.350 e. The van der Waals surface area contributed by atoms with Crippen molar-refractivity contribution in [2.24, 2.45) is 0 Å². The Balaban J connectivity index is 1.44. The van der Waals surface area contributed by atoms with E-state index in [4.69, 9.17) is 23.7 Å². The predicted molar refractivity (Wildman–Crippen MR) is 107 cm³/mol. The van der Waals surface area contributed by atoms with Crippen molar-refractivity contribution < 1.29 is 33.3 Å². The number of esters is 2. The average Bonchev–Trinajstić information content (AvgIpc) is 3.01. The Hall–Kier alpha value is -2.48. The number of ether oxygens (including phenoxy) is 5. The third-order valence-electron chi connectivity index (χ3n) is 4.47. The molecule has 0 saturated heterocycles. The lowest BCUT2D eigenvalue weighted by Gasteiger charge is -2.12. The van der Waals surface area contributed by atoms with Gasteiger partial charge in [-0.05, 0) is 17.9 Å². The number of carbonyl (C=O) groups is 2. The molecule has 1 heterocycles. The molecule has 2 aromatic rings. The van der Waals surface area contributed by atoms with Gasteiger partial charge >= 0.3 is 11.9 Å². The van der Waals surface area contributed by atoms with Crippen LogP contribution in [0, 0.1) is 0 Å². The minimum absolute atomic E-state index is 0.181. The van der Waals surface area contributed by atoms with Gasteiger partial charge in [-0.3, -0.25) is 0 Å². The van der Waals surface area contributed by atoms with Crippen molar-refractivity contribution in [3.8, 4) is 5.75 Å². The average molecular weight is 402 g/mol. The summed E-state index contributed by atoms with van der Waals surface area (Å²) in [6, 6.07) is 9.07. The van der Waals surface area contributed by atoms with Crippen LogP contribution in [0.4, 0.5) is 0 Å². The van der Waals surface area contributed by atoms with Crippen molar-refractivity contribution in [1.29, 1.82) is 0 Å². The fourth-order valence-corrected chi connectivity index (χ4v) is 3.01. The highest BCUT2D eigenvalue weighted by molar-refractivity contribution is 6.19. The van der Waals surface area contributed by atoms with Gasteiger partial charge in [0.1, 0.15) is 17.9 Å².